The number of likely N-dealkylation sites (tertiary alicyclic amines) is 1. The van der Waals surface area contributed by atoms with Gasteiger partial charge < -0.3 is 15.1 Å². The Kier molecular flexibility index (Phi) is 7.81. The fraction of sp³-hybridized carbons (Fsp3) is 0.621. The number of aromatic nitrogens is 2. The number of aryl methyl sites for hydroxylation is 1. The summed E-state index contributed by atoms with van der Waals surface area (Å²) in [5, 5.41) is 7.89. The average Bonchev–Trinajstić information content (AvgIpc) is 3.28. The molecule has 2 aliphatic heterocycles. The van der Waals surface area contributed by atoms with Crippen molar-refractivity contribution < 1.29 is 14.0 Å². The zero-order chi connectivity index (χ0) is 25.9. The second kappa shape index (κ2) is 11.2. The van der Waals surface area contributed by atoms with E-state index in [0.29, 0.717) is 24.7 Å². The monoisotopic (exact) mass is 509 g/mol. The molecule has 1 N–H and O–H groups in total. The molecule has 0 saturated carbocycles. The third-order valence-electron chi connectivity index (χ3n) is 8.59. The molecule has 8 heteroatoms. The topological polar surface area (TPSA) is 70.5 Å². The van der Waals surface area contributed by atoms with E-state index < -0.39 is 0 Å². The highest BCUT2D eigenvalue weighted by Crippen LogP contribution is 2.30. The van der Waals surface area contributed by atoms with E-state index in [0.717, 1.165) is 94.2 Å². The number of hydrogen-bond donors (Lipinski definition) is 1. The summed E-state index contributed by atoms with van der Waals surface area (Å²) >= 11 is 0. The third kappa shape index (κ3) is 5.68. The van der Waals surface area contributed by atoms with Gasteiger partial charge in [-0.05, 0) is 82.8 Å². The van der Waals surface area contributed by atoms with Crippen LogP contribution in [0.1, 0.15) is 79.2 Å². The van der Waals surface area contributed by atoms with Crippen LogP contribution in [0, 0.1) is 18.7 Å². The number of anilines is 1. The largest absolute Gasteiger partial charge is 0.371 e. The van der Waals surface area contributed by atoms with Crippen LogP contribution in [0.15, 0.2) is 18.2 Å². The minimum atomic E-state index is -0.134. The molecule has 2 amide bonds. The lowest BCUT2D eigenvalue weighted by molar-refractivity contribution is -0.119. The molecule has 0 unspecified atom stereocenters. The number of nitrogens with one attached hydrogen (secondary N) is 1. The van der Waals surface area contributed by atoms with Crippen LogP contribution in [0.3, 0.4) is 0 Å². The van der Waals surface area contributed by atoms with Gasteiger partial charge in [0.05, 0.1) is 0 Å². The van der Waals surface area contributed by atoms with Crippen LogP contribution in [0.5, 0.6) is 0 Å². The fourth-order valence-electron chi connectivity index (χ4n) is 6.40. The van der Waals surface area contributed by atoms with E-state index in [1.54, 1.807) is 13.0 Å². The summed E-state index contributed by atoms with van der Waals surface area (Å²) in [4.78, 5) is 29.1. The number of amides is 2. The predicted molar refractivity (Wildman–Crippen MR) is 142 cm³/mol. The van der Waals surface area contributed by atoms with Crippen molar-refractivity contribution in [3.63, 3.8) is 0 Å². The van der Waals surface area contributed by atoms with Gasteiger partial charge in [0, 0.05) is 68.2 Å². The second-order valence-corrected chi connectivity index (χ2v) is 11.1. The molecule has 5 rings (SSSR count). The number of carbonyl (C=O) groups is 2. The van der Waals surface area contributed by atoms with Crippen LogP contribution in [-0.2, 0) is 24.2 Å². The van der Waals surface area contributed by atoms with Crippen LogP contribution in [-0.4, -0.2) is 58.7 Å². The van der Waals surface area contributed by atoms with Crippen molar-refractivity contribution in [3.05, 3.63) is 46.5 Å². The number of carbonyl (C=O) groups excluding carboxylic acids is 2. The molecule has 7 nitrogen and oxygen atoms in total. The van der Waals surface area contributed by atoms with Gasteiger partial charge in [-0.15, -0.1) is 0 Å². The first kappa shape index (κ1) is 25.7. The molecule has 200 valence electrons. The smallest absolute Gasteiger partial charge is 0.274 e. The van der Waals surface area contributed by atoms with E-state index in [-0.39, 0.29) is 23.7 Å². The molecule has 2 aromatic rings. The highest BCUT2D eigenvalue weighted by atomic mass is 19.1. The molecule has 0 bridgehead atoms. The zero-order valence-corrected chi connectivity index (χ0v) is 22.3. The summed E-state index contributed by atoms with van der Waals surface area (Å²) in [5.41, 5.74) is 4.83. The number of piperidine rings is 2. The molecule has 37 heavy (non-hydrogen) atoms. The predicted octanol–water partition coefficient (Wildman–Crippen LogP) is 4.26. The van der Waals surface area contributed by atoms with E-state index in [2.05, 4.69) is 14.9 Å². The molecule has 0 spiro atoms. The maximum Gasteiger partial charge on any atom is 0.274 e. The lowest BCUT2D eigenvalue weighted by Crippen LogP contribution is -2.46. The number of hydrogen-bond acceptors (Lipinski definition) is 4. The molecule has 2 fully saturated rings. The van der Waals surface area contributed by atoms with Crippen LogP contribution >= 0.6 is 0 Å². The van der Waals surface area contributed by atoms with E-state index in [1.165, 1.54) is 11.8 Å². The first-order valence-corrected chi connectivity index (χ1v) is 14.1. The summed E-state index contributed by atoms with van der Waals surface area (Å²) in [5.74, 6) is 0.523. The van der Waals surface area contributed by atoms with Gasteiger partial charge in [-0.25, -0.2) is 4.39 Å². The molecule has 0 radical (unpaired) electrons. The standard InChI is InChI=1S/C29H40FN5O2/c1-20-25(30)7-5-9-26(20)33-15-10-22(11-16-33)12-19-35-27-8-4-3-6-24(27)28(32-35)29(37)34-17-13-23(14-18-34)31-21(2)36/h5,7,9,22-23H,3-4,6,8,10-19H2,1-2H3,(H,31,36). The average molecular weight is 510 g/mol. The molecule has 0 atom stereocenters. The molecule has 2 saturated heterocycles. The first-order valence-electron chi connectivity index (χ1n) is 14.1. The van der Waals surface area contributed by atoms with Gasteiger partial charge in [0.15, 0.2) is 5.69 Å². The third-order valence-corrected chi connectivity index (χ3v) is 8.59. The van der Waals surface area contributed by atoms with Crippen molar-refractivity contribution in [2.75, 3.05) is 31.1 Å². The minimum absolute atomic E-state index is 0.00709. The van der Waals surface area contributed by atoms with E-state index >= 15 is 0 Å². The molecular weight excluding hydrogens is 469 g/mol. The number of rotatable bonds is 6. The molecule has 3 aliphatic rings. The number of nitrogens with zero attached hydrogens (tertiary/aromatic N) is 4. The second-order valence-electron chi connectivity index (χ2n) is 11.1. The summed E-state index contributed by atoms with van der Waals surface area (Å²) in [6.07, 6.45) is 9.02. The number of benzene rings is 1. The Hall–Kier alpha value is -2.90. The van der Waals surface area contributed by atoms with Gasteiger partial charge in [0.25, 0.3) is 5.91 Å². The normalized spacial score (nSPS) is 19.1. The Morgan fingerprint density at radius 3 is 2.51 bits per heavy atom. The van der Waals surface area contributed by atoms with Crippen LogP contribution in [0.25, 0.3) is 0 Å². The van der Waals surface area contributed by atoms with Gasteiger partial charge in [0.1, 0.15) is 5.82 Å². The molecular formula is C29H40FN5O2. The Balaban J connectivity index is 1.20. The van der Waals surface area contributed by atoms with Crippen molar-refractivity contribution in [3.8, 4) is 0 Å². The number of fused-ring (bicyclic) bond motifs is 1. The van der Waals surface area contributed by atoms with Gasteiger partial charge in [0.2, 0.25) is 5.91 Å². The Morgan fingerprint density at radius 2 is 1.78 bits per heavy atom. The van der Waals surface area contributed by atoms with Crippen molar-refractivity contribution in [1.82, 2.24) is 20.0 Å². The lowest BCUT2D eigenvalue weighted by Gasteiger charge is -2.34. The van der Waals surface area contributed by atoms with Crippen molar-refractivity contribution in [2.24, 2.45) is 5.92 Å². The number of halogens is 1. The SMILES string of the molecule is CC(=O)NC1CCN(C(=O)c2nn(CCC3CCN(c4cccc(F)c4C)CC3)c3c2CCCC3)CC1. The Bertz CT molecular complexity index is 1130. The van der Waals surface area contributed by atoms with Crippen LogP contribution < -0.4 is 10.2 Å². The highest BCUT2D eigenvalue weighted by Gasteiger charge is 2.31. The van der Waals surface area contributed by atoms with Crippen LogP contribution in [0.4, 0.5) is 10.1 Å². The van der Waals surface area contributed by atoms with Gasteiger partial charge in [-0.3, -0.25) is 14.3 Å². The Morgan fingerprint density at radius 1 is 1.05 bits per heavy atom. The molecule has 1 aromatic carbocycles. The molecule has 3 heterocycles. The first-order chi connectivity index (χ1) is 17.9. The summed E-state index contributed by atoms with van der Waals surface area (Å²) < 4.78 is 16.2. The zero-order valence-electron chi connectivity index (χ0n) is 22.3. The van der Waals surface area contributed by atoms with Crippen molar-refractivity contribution in [2.45, 2.75) is 84.2 Å². The maximum absolute atomic E-state index is 14.0. The minimum Gasteiger partial charge on any atom is -0.371 e. The van der Waals surface area contributed by atoms with Crippen LogP contribution in [0.2, 0.25) is 0 Å². The van der Waals surface area contributed by atoms with Gasteiger partial charge >= 0.3 is 0 Å². The van der Waals surface area contributed by atoms with E-state index in [4.69, 9.17) is 5.10 Å². The van der Waals surface area contributed by atoms with E-state index in [1.807, 2.05) is 17.9 Å². The van der Waals surface area contributed by atoms with Gasteiger partial charge in [-0.2, -0.15) is 5.10 Å². The molecule has 1 aromatic heterocycles. The van der Waals surface area contributed by atoms with Crippen molar-refractivity contribution in [1.29, 1.82) is 0 Å². The van der Waals surface area contributed by atoms with Gasteiger partial charge in [-0.1, -0.05) is 6.07 Å². The highest BCUT2D eigenvalue weighted by molar-refractivity contribution is 5.94. The summed E-state index contributed by atoms with van der Waals surface area (Å²) in [7, 11) is 0. The summed E-state index contributed by atoms with van der Waals surface area (Å²) in [6, 6.07) is 5.51. The van der Waals surface area contributed by atoms with E-state index in [9.17, 15) is 14.0 Å². The van der Waals surface area contributed by atoms with Crippen molar-refractivity contribution >= 4 is 17.5 Å². The maximum atomic E-state index is 14.0. The lowest BCUT2D eigenvalue weighted by atomic mass is 9.92. The quantitative estimate of drug-likeness (QED) is 0.632. The fourth-order valence-corrected chi connectivity index (χ4v) is 6.40. The summed E-state index contributed by atoms with van der Waals surface area (Å²) in [6.45, 7) is 7.48. The Labute approximate surface area is 219 Å². The molecule has 1 aliphatic carbocycles.